The summed E-state index contributed by atoms with van der Waals surface area (Å²) in [4.78, 5) is 0.232. The average molecular weight is 406 g/mol. The quantitative estimate of drug-likeness (QED) is 0.693. The van der Waals surface area contributed by atoms with Gasteiger partial charge in [-0.15, -0.1) is 0 Å². The molecule has 2 aromatic carbocycles. The van der Waals surface area contributed by atoms with Crippen LogP contribution in [0, 0.1) is 0 Å². The molecule has 0 radical (unpaired) electrons. The second-order valence-electron chi connectivity index (χ2n) is 7.30. The van der Waals surface area contributed by atoms with Crippen LogP contribution >= 0.6 is 11.6 Å². The van der Waals surface area contributed by atoms with Crippen LogP contribution < -0.4 is 5.32 Å². The number of nitrogens with one attached hydrogen (secondary N) is 1. The SMILES string of the molecule is CC(C)(O)c1cccc(S(=O)(=O)c2cc(Cl)c3oc4c(c3c2)CNCC4)c1. The van der Waals surface area contributed by atoms with Gasteiger partial charge in [0.05, 0.1) is 20.4 Å². The molecule has 1 aliphatic heterocycles. The van der Waals surface area contributed by atoms with Gasteiger partial charge in [-0.1, -0.05) is 23.7 Å². The van der Waals surface area contributed by atoms with Crippen LogP contribution in [0.2, 0.25) is 5.02 Å². The third-order valence-electron chi connectivity index (χ3n) is 4.90. The van der Waals surface area contributed by atoms with Gasteiger partial charge < -0.3 is 14.8 Å². The molecule has 1 aliphatic rings. The predicted octanol–water partition coefficient (Wildman–Crippen LogP) is 3.79. The summed E-state index contributed by atoms with van der Waals surface area (Å²) in [6.07, 6.45) is 0.746. The van der Waals surface area contributed by atoms with E-state index in [1.165, 1.54) is 18.2 Å². The zero-order valence-corrected chi connectivity index (χ0v) is 16.6. The number of aliphatic hydroxyl groups is 1. The van der Waals surface area contributed by atoms with Crippen LogP contribution in [0.25, 0.3) is 11.0 Å². The summed E-state index contributed by atoms with van der Waals surface area (Å²) in [5.74, 6) is 0.851. The third-order valence-corrected chi connectivity index (χ3v) is 6.91. The van der Waals surface area contributed by atoms with E-state index in [-0.39, 0.29) is 14.8 Å². The maximum absolute atomic E-state index is 13.2. The average Bonchev–Trinajstić information content (AvgIpc) is 3.01. The summed E-state index contributed by atoms with van der Waals surface area (Å²) in [5.41, 5.74) is 0.873. The first-order valence-electron chi connectivity index (χ1n) is 8.70. The van der Waals surface area contributed by atoms with E-state index < -0.39 is 15.4 Å². The summed E-state index contributed by atoms with van der Waals surface area (Å²) >= 11 is 6.36. The minimum absolute atomic E-state index is 0.113. The molecule has 142 valence electrons. The first-order chi connectivity index (χ1) is 12.7. The molecule has 3 aromatic rings. The second-order valence-corrected chi connectivity index (χ2v) is 9.66. The van der Waals surface area contributed by atoms with Crippen molar-refractivity contribution < 1.29 is 17.9 Å². The highest BCUT2D eigenvalue weighted by Gasteiger charge is 2.26. The predicted molar refractivity (Wildman–Crippen MR) is 104 cm³/mol. The summed E-state index contributed by atoms with van der Waals surface area (Å²) in [6.45, 7) is 4.68. The zero-order chi connectivity index (χ0) is 19.4. The molecular weight excluding hydrogens is 386 g/mol. The lowest BCUT2D eigenvalue weighted by Gasteiger charge is -2.18. The van der Waals surface area contributed by atoms with E-state index in [0.29, 0.717) is 17.7 Å². The van der Waals surface area contributed by atoms with Gasteiger partial charge in [0, 0.05) is 30.5 Å². The molecular formula is C20H20ClNO4S. The van der Waals surface area contributed by atoms with Crippen molar-refractivity contribution in [3.8, 4) is 0 Å². The normalized spacial score (nSPS) is 15.1. The molecule has 7 heteroatoms. The zero-order valence-electron chi connectivity index (χ0n) is 15.0. The molecule has 1 aromatic heterocycles. The van der Waals surface area contributed by atoms with Gasteiger partial charge in [0.15, 0.2) is 5.58 Å². The highest BCUT2D eigenvalue weighted by molar-refractivity contribution is 7.91. The van der Waals surface area contributed by atoms with Crippen molar-refractivity contribution in [2.45, 2.75) is 42.2 Å². The van der Waals surface area contributed by atoms with E-state index in [1.807, 2.05) is 0 Å². The molecule has 0 amide bonds. The largest absolute Gasteiger partial charge is 0.459 e. The molecule has 0 atom stereocenters. The molecule has 0 spiro atoms. The van der Waals surface area contributed by atoms with E-state index in [4.69, 9.17) is 16.0 Å². The molecule has 0 fully saturated rings. The fourth-order valence-electron chi connectivity index (χ4n) is 3.38. The lowest BCUT2D eigenvalue weighted by Crippen LogP contribution is -2.22. The van der Waals surface area contributed by atoms with Crippen LogP contribution in [0.1, 0.15) is 30.7 Å². The minimum atomic E-state index is -3.80. The Morgan fingerprint density at radius 2 is 1.96 bits per heavy atom. The van der Waals surface area contributed by atoms with Crippen molar-refractivity contribution in [2.75, 3.05) is 6.54 Å². The van der Waals surface area contributed by atoms with E-state index in [0.717, 1.165) is 29.7 Å². The van der Waals surface area contributed by atoms with Gasteiger partial charge in [-0.3, -0.25) is 0 Å². The summed E-state index contributed by atoms with van der Waals surface area (Å²) in [6, 6.07) is 9.41. The Bertz CT molecular complexity index is 1140. The van der Waals surface area contributed by atoms with Crippen LogP contribution in [-0.4, -0.2) is 20.1 Å². The maximum Gasteiger partial charge on any atom is 0.206 e. The number of rotatable bonds is 3. The Balaban J connectivity index is 1.89. The number of furan rings is 1. The highest BCUT2D eigenvalue weighted by Crippen LogP contribution is 2.37. The van der Waals surface area contributed by atoms with Gasteiger partial charge in [0.1, 0.15) is 5.76 Å². The number of hydrogen-bond donors (Lipinski definition) is 2. The number of sulfone groups is 1. The Labute approximate surface area is 162 Å². The van der Waals surface area contributed by atoms with Crippen LogP contribution in [0.15, 0.2) is 50.6 Å². The van der Waals surface area contributed by atoms with Crippen LogP contribution in [0.5, 0.6) is 0 Å². The van der Waals surface area contributed by atoms with Crippen molar-refractivity contribution in [1.29, 1.82) is 0 Å². The molecule has 0 bridgehead atoms. The fraction of sp³-hybridized carbons (Fsp3) is 0.300. The van der Waals surface area contributed by atoms with Crippen molar-refractivity contribution in [3.63, 3.8) is 0 Å². The van der Waals surface area contributed by atoms with Crippen molar-refractivity contribution in [3.05, 3.63) is 58.3 Å². The minimum Gasteiger partial charge on any atom is -0.459 e. The Hall–Kier alpha value is -1.86. The topological polar surface area (TPSA) is 79.5 Å². The smallest absolute Gasteiger partial charge is 0.206 e. The van der Waals surface area contributed by atoms with Crippen LogP contribution in [-0.2, 0) is 28.4 Å². The van der Waals surface area contributed by atoms with E-state index >= 15 is 0 Å². The lowest BCUT2D eigenvalue weighted by atomic mass is 9.99. The maximum atomic E-state index is 13.2. The second kappa shape index (κ2) is 6.34. The molecule has 0 aliphatic carbocycles. The van der Waals surface area contributed by atoms with Gasteiger partial charge in [0.2, 0.25) is 9.84 Å². The molecule has 0 unspecified atom stereocenters. The van der Waals surface area contributed by atoms with E-state index in [1.54, 1.807) is 32.0 Å². The van der Waals surface area contributed by atoms with Gasteiger partial charge in [0.25, 0.3) is 0 Å². The Kier molecular flexibility index (Phi) is 4.35. The standard InChI is InChI=1S/C20H20ClNO4S/c1-20(2,23)12-4-3-5-13(8-12)27(24,25)14-9-15-16-11-22-7-6-18(16)26-19(15)17(21)10-14/h3-5,8-10,22-23H,6-7,11H2,1-2H3. The molecule has 27 heavy (non-hydrogen) atoms. The first kappa shape index (κ1) is 18.5. The van der Waals surface area contributed by atoms with E-state index in [9.17, 15) is 13.5 Å². The Morgan fingerprint density at radius 3 is 2.70 bits per heavy atom. The molecule has 0 saturated carbocycles. The van der Waals surface area contributed by atoms with Crippen molar-refractivity contribution in [1.82, 2.24) is 5.32 Å². The van der Waals surface area contributed by atoms with Gasteiger partial charge in [-0.25, -0.2) is 8.42 Å². The van der Waals surface area contributed by atoms with E-state index in [2.05, 4.69) is 5.32 Å². The highest BCUT2D eigenvalue weighted by atomic mass is 35.5. The van der Waals surface area contributed by atoms with Gasteiger partial charge in [-0.2, -0.15) is 0 Å². The van der Waals surface area contributed by atoms with Gasteiger partial charge in [-0.05, 0) is 43.7 Å². The van der Waals surface area contributed by atoms with Crippen LogP contribution in [0.3, 0.4) is 0 Å². The molecule has 2 N–H and O–H groups in total. The third kappa shape index (κ3) is 3.17. The summed E-state index contributed by atoms with van der Waals surface area (Å²) in [5, 5.41) is 14.5. The van der Waals surface area contributed by atoms with Crippen LogP contribution in [0.4, 0.5) is 0 Å². The van der Waals surface area contributed by atoms with Crippen molar-refractivity contribution in [2.24, 2.45) is 0 Å². The molecule has 0 saturated heterocycles. The number of fused-ring (bicyclic) bond motifs is 3. The fourth-order valence-corrected chi connectivity index (χ4v) is 5.06. The number of halogens is 1. The lowest BCUT2D eigenvalue weighted by molar-refractivity contribution is 0.0784. The monoisotopic (exact) mass is 405 g/mol. The Morgan fingerprint density at radius 1 is 1.19 bits per heavy atom. The number of benzene rings is 2. The van der Waals surface area contributed by atoms with Gasteiger partial charge >= 0.3 is 0 Å². The molecule has 5 nitrogen and oxygen atoms in total. The first-order valence-corrected chi connectivity index (χ1v) is 10.6. The number of hydrogen-bond acceptors (Lipinski definition) is 5. The summed E-state index contributed by atoms with van der Waals surface area (Å²) in [7, 11) is -3.80. The summed E-state index contributed by atoms with van der Waals surface area (Å²) < 4.78 is 32.3. The van der Waals surface area contributed by atoms with Crippen molar-refractivity contribution >= 4 is 32.4 Å². The molecule has 4 rings (SSSR count). The molecule has 2 heterocycles.